The van der Waals surface area contributed by atoms with Crippen LogP contribution in [0, 0.1) is 0 Å². The molecule has 9 aromatic rings. The zero-order valence-corrected chi connectivity index (χ0v) is 23.1. The van der Waals surface area contributed by atoms with Crippen molar-refractivity contribution in [2.24, 2.45) is 0 Å². The number of hydrogen-bond donors (Lipinski definition) is 0. The molecule has 0 atom stereocenters. The molecule has 10 rings (SSSR count). The fraction of sp³-hybridized carbons (Fsp3) is 0. The Hall–Kier alpha value is -4.69. The molecular formula is C37H20N2Se. The predicted molar refractivity (Wildman–Crippen MR) is 170 cm³/mol. The van der Waals surface area contributed by atoms with Gasteiger partial charge in [0.25, 0.3) is 0 Å². The van der Waals surface area contributed by atoms with Crippen molar-refractivity contribution < 1.29 is 0 Å². The summed E-state index contributed by atoms with van der Waals surface area (Å²) < 4.78 is 5.44. The van der Waals surface area contributed by atoms with Gasteiger partial charge in [-0.25, -0.2) is 0 Å². The fourth-order valence-electron chi connectivity index (χ4n) is 7.20. The predicted octanol–water partition coefficient (Wildman–Crippen LogP) is 9.50. The molecule has 0 unspecified atom stereocenters. The second-order valence-corrected chi connectivity index (χ2v) is 12.9. The molecule has 0 spiro atoms. The number of benzene rings is 6. The third-order valence-corrected chi connectivity index (χ3v) is 11.3. The van der Waals surface area contributed by atoms with Gasteiger partial charge in [0.1, 0.15) is 0 Å². The molecule has 0 N–H and O–H groups in total. The van der Waals surface area contributed by atoms with Crippen LogP contribution in [-0.2, 0) is 0 Å². The normalized spacial score (nSPS) is 12.5. The first-order chi connectivity index (χ1) is 19.9. The average Bonchev–Trinajstić information content (AvgIpc) is 3.67. The molecule has 1 aliphatic carbocycles. The maximum absolute atomic E-state index is 4.59. The van der Waals surface area contributed by atoms with Gasteiger partial charge in [0, 0.05) is 0 Å². The van der Waals surface area contributed by atoms with Gasteiger partial charge < -0.3 is 0 Å². The third kappa shape index (κ3) is 2.53. The molecule has 1 aliphatic rings. The summed E-state index contributed by atoms with van der Waals surface area (Å²) in [7, 11) is 0. The van der Waals surface area contributed by atoms with E-state index in [-0.39, 0.29) is 14.5 Å². The number of fused-ring (bicyclic) bond motifs is 13. The van der Waals surface area contributed by atoms with E-state index in [0.29, 0.717) is 0 Å². The van der Waals surface area contributed by atoms with Gasteiger partial charge in [0.2, 0.25) is 0 Å². The van der Waals surface area contributed by atoms with Gasteiger partial charge in [-0.3, -0.25) is 0 Å². The van der Waals surface area contributed by atoms with E-state index in [9.17, 15) is 0 Å². The van der Waals surface area contributed by atoms with Crippen molar-refractivity contribution >= 4 is 77.1 Å². The van der Waals surface area contributed by atoms with Gasteiger partial charge in [0.15, 0.2) is 0 Å². The van der Waals surface area contributed by atoms with Crippen molar-refractivity contribution in [3.8, 4) is 27.9 Å². The number of rotatable bonds is 1. The molecule has 0 bridgehead atoms. The van der Waals surface area contributed by atoms with Crippen LogP contribution in [0.15, 0.2) is 122 Å². The van der Waals surface area contributed by atoms with Gasteiger partial charge in [-0.05, 0) is 0 Å². The van der Waals surface area contributed by atoms with Crippen LogP contribution in [0.4, 0.5) is 0 Å². The van der Waals surface area contributed by atoms with Crippen LogP contribution in [-0.4, -0.2) is 24.1 Å². The molecule has 3 aromatic heterocycles. The summed E-state index contributed by atoms with van der Waals surface area (Å²) in [5, 5.41) is 10.6. The van der Waals surface area contributed by atoms with E-state index in [0.717, 1.165) is 0 Å². The molecule has 2 nitrogen and oxygen atoms in total. The van der Waals surface area contributed by atoms with Crippen molar-refractivity contribution in [1.82, 2.24) is 9.55 Å². The first-order valence-electron chi connectivity index (χ1n) is 13.6. The molecule has 40 heavy (non-hydrogen) atoms. The Morgan fingerprint density at radius 1 is 0.550 bits per heavy atom. The van der Waals surface area contributed by atoms with E-state index in [1.807, 2.05) is 6.20 Å². The SMILES string of the molecule is c1cc2c3c(cccc3c1)-c1cc(-n3c4ccccc4c4c5ccncc5c5[se]c6ccccc6c5c43)ccc1-2. The third-order valence-electron chi connectivity index (χ3n) is 8.79. The summed E-state index contributed by atoms with van der Waals surface area (Å²) in [5.41, 5.74) is 9.09. The van der Waals surface area contributed by atoms with E-state index in [1.54, 1.807) is 0 Å². The van der Waals surface area contributed by atoms with Gasteiger partial charge in [-0.2, -0.15) is 0 Å². The van der Waals surface area contributed by atoms with Gasteiger partial charge in [-0.1, -0.05) is 0 Å². The van der Waals surface area contributed by atoms with E-state index >= 15 is 0 Å². The molecule has 0 amide bonds. The fourth-order valence-corrected chi connectivity index (χ4v) is 9.78. The Balaban J connectivity index is 1.42. The molecule has 0 radical (unpaired) electrons. The number of hydrogen-bond acceptors (Lipinski definition) is 1. The van der Waals surface area contributed by atoms with Crippen molar-refractivity contribution in [3.63, 3.8) is 0 Å². The first-order valence-corrected chi connectivity index (χ1v) is 15.3. The van der Waals surface area contributed by atoms with Gasteiger partial charge in [0.05, 0.1) is 0 Å². The molecule has 0 saturated carbocycles. The average molecular weight is 572 g/mol. The summed E-state index contributed by atoms with van der Waals surface area (Å²) in [4.78, 5) is 4.59. The zero-order valence-electron chi connectivity index (χ0n) is 21.3. The maximum atomic E-state index is 4.59. The Morgan fingerprint density at radius 2 is 1.35 bits per heavy atom. The quantitative estimate of drug-likeness (QED) is 0.180. The molecule has 0 fully saturated rings. The van der Waals surface area contributed by atoms with Crippen LogP contribution in [0.25, 0.3) is 90.6 Å². The summed E-state index contributed by atoms with van der Waals surface area (Å²) >= 11 is 0.234. The number of para-hydroxylation sites is 1. The minimum atomic E-state index is 0.234. The molecule has 3 heterocycles. The molecule has 0 saturated heterocycles. The topological polar surface area (TPSA) is 17.8 Å². The van der Waals surface area contributed by atoms with Gasteiger partial charge >= 0.3 is 236 Å². The van der Waals surface area contributed by atoms with Crippen molar-refractivity contribution in [2.75, 3.05) is 0 Å². The second kappa shape index (κ2) is 7.49. The summed E-state index contributed by atoms with van der Waals surface area (Å²) in [5.74, 6) is 0. The molecular weight excluding hydrogens is 551 g/mol. The monoisotopic (exact) mass is 572 g/mol. The van der Waals surface area contributed by atoms with Crippen LogP contribution in [0.2, 0.25) is 0 Å². The van der Waals surface area contributed by atoms with Crippen LogP contribution in [0.1, 0.15) is 0 Å². The van der Waals surface area contributed by atoms with E-state index in [4.69, 9.17) is 0 Å². The standard InChI is InChI=1S/C37H20N2Se/c1-3-13-31-27(9-1)34-26-17-18-38-20-30(26)37-35(28-10-2-4-14-32(28)40-37)36(34)39(31)22-15-16-23-24-11-5-7-21-8-6-12-25(33(21)24)29(23)19-22/h1-20H. The number of pyridine rings is 1. The number of nitrogens with zero attached hydrogens (tertiary/aromatic N) is 2. The van der Waals surface area contributed by atoms with Crippen LogP contribution < -0.4 is 0 Å². The van der Waals surface area contributed by atoms with Crippen molar-refractivity contribution in [3.05, 3.63) is 122 Å². The molecule has 0 aliphatic heterocycles. The summed E-state index contributed by atoms with van der Waals surface area (Å²) in [6, 6.07) is 40.6. The van der Waals surface area contributed by atoms with E-state index in [2.05, 4.69) is 125 Å². The van der Waals surface area contributed by atoms with Crippen molar-refractivity contribution in [2.45, 2.75) is 0 Å². The number of aromatic nitrogens is 2. The second-order valence-electron chi connectivity index (χ2n) is 10.7. The summed E-state index contributed by atoms with van der Waals surface area (Å²) in [6.07, 6.45) is 4.03. The minimum absolute atomic E-state index is 0.234. The Labute approximate surface area is 235 Å². The Bertz CT molecular complexity index is 2540. The molecule has 184 valence electrons. The first kappa shape index (κ1) is 21.2. The Kier molecular flexibility index (Phi) is 3.96. The van der Waals surface area contributed by atoms with E-state index in [1.165, 1.54) is 90.6 Å². The van der Waals surface area contributed by atoms with Crippen LogP contribution in [0.3, 0.4) is 0 Å². The van der Waals surface area contributed by atoms with E-state index < -0.39 is 0 Å². The Morgan fingerprint density at radius 3 is 2.25 bits per heavy atom. The summed E-state index contributed by atoms with van der Waals surface area (Å²) in [6.45, 7) is 0. The van der Waals surface area contributed by atoms with Gasteiger partial charge in [-0.15, -0.1) is 0 Å². The molecule has 6 aromatic carbocycles. The van der Waals surface area contributed by atoms with Crippen molar-refractivity contribution in [1.29, 1.82) is 0 Å². The van der Waals surface area contributed by atoms with Crippen LogP contribution in [0.5, 0.6) is 0 Å². The van der Waals surface area contributed by atoms with Crippen LogP contribution >= 0.6 is 0 Å². The molecule has 3 heteroatoms. The zero-order chi connectivity index (χ0) is 25.9.